The van der Waals surface area contributed by atoms with Crippen molar-refractivity contribution in [3.63, 3.8) is 0 Å². The summed E-state index contributed by atoms with van der Waals surface area (Å²) in [5.74, 6) is -0.402. The fourth-order valence-corrected chi connectivity index (χ4v) is 3.84. The van der Waals surface area contributed by atoms with E-state index < -0.39 is 15.4 Å². The Bertz CT molecular complexity index is 671. The Hall–Kier alpha value is -1.44. The second-order valence-electron chi connectivity index (χ2n) is 6.93. The fourth-order valence-electron chi connectivity index (χ4n) is 2.68. The van der Waals surface area contributed by atoms with Crippen molar-refractivity contribution in [2.45, 2.75) is 25.3 Å². The first-order valence-electron chi connectivity index (χ1n) is 7.99. The Morgan fingerprint density at radius 3 is 2.46 bits per heavy atom. The third-order valence-electron chi connectivity index (χ3n) is 4.56. The monoisotopic (exact) mass is 354 g/mol. The molecule has 1 aromatic carbocycles. The Labute approximate surface area is 144 Å². The number of carbonyl (C=O) groups is 1. The van der Waals surface area contributed by atoms with Crippen molar-refractivity contribution in [3.05, 3.63) is 35.9 Å². The number of hydrogen-bond donors (Lipinski definition) is 1. The number of ether oxygens (including phenoxy) is 1. The van der Waals surface area contributed by atoms with Crippen LogP contribution in [0.15, 0.2) is 30.3 Å². The van der Waals surface area contributed by atoms with Crippen molar-refractivity contribution >= 4 is 15.9 Å². The van der Waals surface area contributed by atoms with Crippen LogP contribution in [0.3, 0.4) is 0 Å². The van der Waals surface area contributed by atoms with Crippen LogP contribution in [0.5, 0.6) is 0 Å². The fraction of sp³-hybridized carbons (Fsp3) is 0.588. The lowest BCUT2D eigenvalue weighted by atomic mass is 9.83. The van der Waals surface area contributed by atoms with Gasteiger partial charge in [-0.1, -0.05) is 30.3 Å². The summed E-state index contributed by atoms with van der Waals surface area (Å²) in [5, 5.41) is 2.98. The molecule has 0 bridgehead atoms. The summed E-state index contributed by atoms with van der Waals surface area (Å²) >= 11 is 0. The summed E-state index contributed by atoms with van der Waals surface area (Å²) in [4.78, 5) is 12.7. The van der Waals surface area contributed by atoms with Gasteiger partial charge in [-0.2, -0.15) is 0 Å². The summed E-state index contributed by atoms with van der Waals surface area (Å²) in [6, 6.07) is 9.24. The number of carbonyl (C=O) groups excluding carboxylic acids is 1. The predicted octanol–water partition coefficient (Wildman–Crippen LogP) is 0.987. The molecule has 0 unspecified atom stereocenters. The highest BCUT2D eigenvalue weighted by molar-refractivity contribution is 7.89. The molecule has 0 aliphatic carbocycles. The SMILES string of the molecule is CN(C)S(=O)(=O)C[C@@H]1COC[C@H]1NC(=O)C(C)(C)c1ccccc1. The zero-order chi connectivity index (χ0) is 18.0. The summed E-state index contributed by atoms with van der Waals surface area (Å²) in [6.45, 7) is 4.39. The van der Waals surface area contributed by atoms with E-state index in [1.807, 2.05) is 44.2 Å². The third-order valence-corrected chi connectivity index (χ3v) is 6.52. The molecule has 24 heavy (non-hydrogen) atoms. The van der Waals surface area contributed by atoms with Gasteiger partial charge in [-0.05, 0) is 19.4 Å². The Kier molecular flexibility index (Phi) is 5.67. The van der Waals surface area contributed by atoms with Gasteiger partial charge >= 0.3 is 0 Å². The molecule has 0 saturated carbocycles. The van der Waals surface area contributed by atoms with Gasteiger partial charge in [0.2, 0.25) is 15.9 Å². The first-order valence-corrected chi connectivity index (χ1v) is 9.60. The molecule has 1 aliphatic heterocycles. The first kappa shape index (κ1) is 18.9. The molecular formula is C17H26N2O4S. The zero-order valence-corrected chi connectivity index (χ0v) is 15.5. The first-order chi connectivity index (χ1) is 11.1. The van der Waals surface area contributed by atoms with Crippen LogP contribution in [0.1, 0.15) is 19.4 Å². The van der Waals surface area contributed by atoms with Gasteiger partial charge in [-0.15, -0.1) is 0 Å². The van der Waals surface area contributed by atoms with E-state index in [0.29, 0.717) is 13.2 Å². The van der Waals surface area contributed by atoms with Gasteiger partial charge in [-0.25, -0.2) is 12.7 Å². The van der Waals surface area contributed by atoms with Crippen LogP contribution >= 0.6 is 0 Å². The van der Waals surface area contributed by atoms with E-state index in [4.69, 9.17) is 4.74 Å². The van der Waals surface area contributed by atoms with E-state index in [2.05, 4.69) is 5.32 Å². The lowest BCUT2D eigenvalue weighted by Crippen LogP contribution is -2.49. The molecule has 0 aromatic heterocycles. The molecule has 0 spiro atoms. The largest absolute Gasteiger partial charge is 0.379 e. The highest BCUT2D eigenvalue weighted by Crippen LogP contribution is 2.25. The van der Waals surface area contributed by atoms with Crippen molar-refractivity contribution in [3.8, 4) is 0 Å². The minimum absolute atomic E-state index is 0.0310. The van der Waals surface area contributed by atoms with Gasteiger partial charge in [0, 0.05) is 20.0 Å². The number of amides is 1. The van der Waals surface area contributed by atoms with Crippen molar-refractivity contribution in [1.29, 1.82) is 0 Å². The number of hydrogen-bond acceptors (Lipinski definition) is 4. The molecule has 1 saturated heterocycles. The summed E-state index contributed by atoms with van der Waals surface area (Å²) in [7, 11) is -0.314. The van der Waals surface area contributed by atoms with Crippen LogP contribution in [0.2, 0.25) is 0 Å². The number of nitrogens with zero attached hydrogens (tertiary/aromatic N) is 1. The average Bonchev–Trinajstić information content (AvgIpc) is 2.94. The van der Waals surface area contributed by atoms with Crippen molar-refractivity contribution in [2.24, 2.45) is 5.92 Å². The van der Waals surface area contributed by atoms with E-state index in [1.165, 1.54) is 18.4 Å². The van der Waals surface area contributed by atoms with E-state index in [9.17, 15) is 13.2 Å². The number of sulfonamides is 1. The molecule has 1 heterocycles. The van der Waals surface area contributed by atoms with E-state index in [1.54, 1.807) is 0 Å². The maximum absolute atomic E-state index is 12.7. The summed E-state index contributed by atoms with van der Waals surface area (Å²) < 4.78 is 30.8. The lowest BCUT2D eigenvalue weighted by molar-refractivity contribution is -0.126. The quantitative estimate of drug-likeness (QED) is 0.826. The van der Waals surface area contributed by atoms with Gasteiger partial charge in [0.15, 0.2) is 0 Å². The number of nitrogens with one attached hydrogen (secondary N) is 1. The summed E-state index contributed by atoms with van der Waals surface area (Å²) in [5.41, 5.74) is 0.216. The van der Waals surface area contributed by atoms with Crippen LogP contribution in [0.25, 0.3) is 0 Å². The molecule has 2 rings (SSSR count). The second kappa shape index (κ2) is 7.21. The highest BCUT2D eigenvalue weighted by atomic mass is 32.2. The molecule has 134 valence electrons. The van der Waals surface area contributed by atoms with E-state index >= 15 is 0 Å². The van der Waals surface area contributed by atoms with Crippen molar-refractivity contribution in [1.82, 2.24) is 9.62 Å². The summed E-state index contributed by atoms with van der Waals surface area (Å²) in [6.07, 6.45) is 0. The zero-order valence-electron chi connectivity index (χ0n) is 14.7. The lowest BCUT2D eigenvalue weighted by Gasteiger charge is -2.28. The topological polar surface area (TPSA) is 75.7 Å². The van der Waals surface area contributed by atoms with Crippen LogP contribution in [-0.2, 0) is 25.0 Å². The molecule has 1 N–H and O–H groups in total. The highest BCUT2D eigenvalue weighted by Gasteiger charge is 2.37. The Morgan fingerprint density at radius 1 is 1.25 bits per heavy atom. The Balaban J connectivity index is 2.08. The number of rotatable bonds is 6. The molecule has 0 radical (unpaired) electrons. The van der Waals surface area contributed by atoms with Crippen LogP contribution in [0.4, 0.5) is 0 Å². The molecule has 6 nitrogen and oxygen atoms in total. The number of benzene rings is 1. The Morgan fingerprint density at radius 2 is 1.88 bits per heavy atom. The minimum atomic E-state index is -3.34. The van der Waals surface area contributed by atoms with Crippen molar-refractivity contribution < 1.29 is 17.9 Å². The molecule has 1 aliphatic rings. The average molecular weight is 354 g/mol. The maximum atomic E-state index is 12.7. The third kappa shape index (κ3) is 4.15. The van der Waals surface area contributed by atoms with Gasteiger partial charge in [0.1, 0.15) is 0 Å². The maximum Gasteiger partial charge on any atom is 0.230 e. The molecule has 7 heteroatoms. The van der Waals surface area contributed by atoms with Gasteiger partial charge < -0.3 is 10.1 Å². The van der Waals surface area contributed by atoms with Crippen LogP contribution in [0, 0.1) is 5.92 Å². The van der Waals surface area contributed by atoms with Crippen LogP contribution < -0.4 is 5.32 Å². The molecule has 2 atom stereocenters. The second-order valence-corrected chi connectivity index (χ2v) is 9.16. The van der Waals surface area contributed by atoms with Gasteiger partial charge in [0.05, 0.1) is 30.4 Å². The smallest absolute Gasteiger partial charge is 0.230 e. The normalized spacial score (nSPS) is 21.9. The predicted molar refractivity (Wildman–Crippen MR) is 93.2 cm³/mol. The standard InChI is InChI=1S/C17H26N2O4S/c1-17(2,14-8-6-5-7-9-14)16(20)18-15-11-23-10-13(15)12-24(21,22)19(3)4/h5-9,13,15H,10-12H2,1-4H3,(H,18,20)/t13-,15+/m0/s1. The van der Waals surface area contributed by atoms with Crippen molar-refractivity contribution in [2.75, 3.05) is 33.1 Å². The van der Waals surface area contributed by atoms with E-state index in [-0.39, 0.29) is 23.6 Å². The molecule has 1 aromatic rings. The van der Waals surface area contributed by atoms with Gasteiger partial charge in [0.25, 0.3) is 0 Å². The molecule has 1 fully saturated rings. The molecule has 1 amide bonds. The van der Waals surface area contributed by atoms with E-state index in [0.717, 1.165) is 5.56 Å². The minimum Gasteiger partial charge on any atom is -0.379 e. The molecular weight excluding hydrogens is 328 g/mol. The van der Waals surface area contributed by atoms with Crippen LogP contribution in [-0.4, -0.2) is 57.7 Å². The van der Waals surface area contributed by atoms with Gasteiger partial charge in [-0.3, -0.25) is 4.79 Å².